The minimum atomic E-state index is -4.95. The smallest absolute Gasteiger partial charge is 0.416 e. The van der Waals surface area contributed by atoms with Crippen molar-refractivity contribution in [3.63, 3.8) is 0 Å². The topological polar surface area (TPSA) is 27.7 Å². The molecule has 3 nitrogen and oxygen atoms in total. The second kappa shape index (κ2) is 5.01. The summed E-state index contributed by atoms with van der Waals surface area (Å²) >= 11 is 0. The lowest BCUT2D eigenvalue weighted by Crippen LogP contribution is -2.80. The minimum absolute atomic E-state index is 0.0885. The monoisotopic (exact) mass is 395 g/mol. The van der Waals surface area contributed by atoms with Crippen LogP contribution in [0.3, 0.4) is 0 Å². The number of hydrogen-bond donors (Lipinski definition) is 0. The van der Waals surface area contributed by atoms with E-state index >= 15 is 0 Å². The third-order valence-corrected chi connectivity index (χ3v) is 5.58. The van der Waals surface area contributed by atoms with Crippen LogP contribution in [0.2, 0.25) is 0 Å². The van der Waals surface area contributed by atoms with Gasteiger partial charge in [0.05, 0.1) is 11.1 Å². The Labute approximate surface area is 152 Å². The summed E-state index contributed by atoms with van der Waals surface area (Å²) < 4.78 is 97.3. The first kappa shape index (κ1) is 19.1. The zero-order chi connectivity index (χ0) is 20.1. The second-order valence-electron chi connectivity index (χ2n) is 8.72. The fourth-order valence-corrected chi connectivity index (χ4v) is 5.39. The van der Waals surface area contributed by atoms with Crippen LogP contribution < -0.4 is 5.46 Å². The van der Waals surface area contributed by atoms with Crippen molar-refractivity contribution >= 4 is 12.2 Å². The summed E-state index contributed by atoms with van der Waals surface area (Å²) in [5.74, 6) is 0. The van der Waals surface area contributed by atoms with Gasteiger partial charge in [0.2, 0.25) is 0 Å². The molecule has 4 bridgehead atoms. The first-order valence-electron chi connectivity index (χ1n) is 8.60. The molecule has 3 saturated heterocycles. The van der Waals surface area contributed by atoms with Gasteiger partial charge in [-0.05, 0) is 46.1 Å². The van der Waals surface area contributed by atoms with Gasteiger partial charge in [0.1, 0.15) is 0 Å². The lowest BCUT2D eigenvalue weighted by Gasteiger charge is -2.74. The van der Waals surface area contributed by atoms with Gasteiger partial charge in [0, 0.05) is 16.8 Å². The van der Waals surface area contributed by atoms with Crippen molar-refractivity contribution < 1.29 is 40.3 Å². The van der Waals surface area contributed by atoms with Crippen molar-refractivity contribution in [3.8, 4) is 0 Å². The lowest BCUT2D eigenvalue weighted by atomic mass is 9.54. The van der Waals surface area contributed by atoms with Gasteiger partial charge in [-0.3, -0.25) is 0 Å². The van der Waals surface area contributed by atoms with E-state index in [0.717, 1.165) is 0 Å². The summed E-state index contributed by atoms with van der Waals surface area (Å²) in [6, 6.07) is 1.36. The van der Waals surface area contributed by atoms with Gasteiger partial charge < -0.3 is 14.0 Å². The Balaban J connectivity index is 1.90. The molecule has 0 amide bonds. The number of benzene rings is 1. The molecule has 0 spiro atoms. The molecule has 3 aliphatic heterocycles. The Hall–Kier alpha value is -1.26. The van der Waals surface area contributed by atoms with Crippen molar-refractivity contribution in [2.45, 2.75) is 69.2 Å². The van der Waals surface area contributed by atoms with Crippen LogP contribution in [0.15, 0.2) is 18.2 Å². The van der Waals surface area contributed by atoms with Gasteiger partial charge in [0.25, 0.3) is 0 Å². The number of hydrogen-bond acceptors (Lipinski definition) is 3. The quantitative estimate of drug-likeness (QED) is 0.521. The molecule has 150 valence electrons. The summed E-state index contributed by atoms with van der Waals surface area (Å²) in [6.07, 6.45) is -8.42. The summed E-state index contributed by atoms with van der Waals surface area (Å²) in [6.45, 7) is 2.44. The standard InChI is InChI=1S/C17H18BF6O3/c1-13-7-14(2)9-15(3,8-13)27-18(25-13,26-14)12-5-10(16(19,20)21)4-11(6-12)17(22,23)24/h4-6H,7-9H2,1-3H3/q-1. The molecule has 27 heavy (non-hydrogen) atoms. The van der Waals surface area contributed by atoms with E-state index in [1.54, 1.807) is 20.8 Å². The van der Waals surface area contributed by atoms with E-state index in [1.165, 1.54) is 0 Å². The van der Waals surface area contributed by atoms with E-state index in [1.807, 2.05) is 0 Å². The Bertz CT molecular complexity index is 719. The molecule has 0 unspecified atom stereocenters. The van der Waals surface area contributed by atoms with Crippen molar-refractivity contribution in [3.05, 3.63) is 29.3 Å². The second-order valence-corrected chi connectivity index (χ2v) is 8.72. The normalized spacial score (nSPS) is 41.2. The van der Waals surface area contributed by atoms with Gasteiger partial charge >= 0.3 is 19.1 Å². The van der Waals surface area contributed by atoms with E-state index in [4.69, 9.17) is 14.0 Å². The molecule has 1 saturated carbocycles. The van der Waals surface area contributed by atoms with Gasteiger partial charge in [-0.1, -0.05) is 12.1 Å². The van der Waals surface area contributed by atoms with Crippen LogP contribution in [0.5, 0.6) is 0 Å². The Morgan fingerprint density at radius 3 is 1.33 bits per heavy atom. The predicted octanol–water partition coefficient (Wildman–Crippen LogP) is 4.41. The largest absolute Gasteiger partial charge is 0.536 e. The van der Waals surface area contributed by atoms with Crippen LogP contribution in [0.4, 0.5) is 26.3 Å². The number of alkyl halides is 6. The molecule has 1 aromatic rings. The molecule has 0 radical (unpaired) electrons. The molecule has 10 heteroatoms. The molecule has 0 N–H and O–H groups in total. The lowest BCUT2D eigenvalue weighted by molar-refractivity contribution is -0.267. The molecule has 3 heterocycles. The van der Waals surface area contributed by atoms with Gasteiger partial charge in [-0.25, -0.2) is 0 Å². The van der Waals surface area contributed by atoms with Crippen LogP contribution >= 0.6 is 0 Å². The molecular weight excluding hydrogens is 377 g/mol. The number of rotatable bonds is 1. The van der Waals surface area contributed by atoms with E-state index in [2.05, 4.69) is 0 Å². The number of halogens is 6. The van der Waals surface area contributed by atoms with E-state index in [9.17, 15) is 26.3 Å². The summed E-state index contributed by atoms with van der Waals surface area (Å²) in [4.78, 5) is 0. The third kappa shape index (κ3) is 3.05. The van der Waals surface area contributed by atoms with Crippen molar-refractivity contribution in [2.24, 2.45) is 0 Å². The molecule has 1 aromatic carbocycles. The average molecular weight is 395 g/mol. The summed E-state index contributed by atoms with van der Waals surface area (Å²) in [5.41, 5.74) is -5.44. The van der Waals surface area contributed by atoms with E-state index in [-0.39, 0.29) is 11.5 Å². The SMILES string of the molecule is CC12CC3(C)CC(C)(C1)O[B-](c1cc(C(F)(F)F)cc(C(F)(F)F)c1)(O2)O3. The van der Waals surface area contributed by atoms with E-state index < -0.39 is 47.0 Å². The fourth-order valence-electron chi connectivity index (χ4n) is 5.39. The molecule has 4 fully saturated rings. The van der Waals surface area contributed by atoms with E-state index in [0.29, 0.717) is 31.4 Å². The molecule has 4 aliphatic rings. The highest BCUT2D eigenvalue weighted by atomic mass is 19.4. The third-order valence-electron chi connectivity index (χ3n) is 5.58. The highest BCUT2D eigenvalue weighted by Crippen LogP contribution is 2.57. The highest BCUT2D eigenvalue weighted by molar-refractivity contribution is 6.76. The van der Waals surface area contributed by atoms with Crippen LogP contribution in [0, 0.1) is 0 Å². The predicted molar refractivity (Wildman–Crippen MR) is 84.2 cm³/mol. The molecule has 1 aliphatic carbocycles. The van der Waals surface area contributed by atoms with Crippen LogP contribution in [0.25, 0.3) is 0 Å². The first-order chi connectivity index (χ1) is 12.1. The van der Waals surface area contributed by atoms with Crippen molar-refractivity contribution in [1.29, 1.82) is 0 Å². The zero-order valence-corrected chi connectivity index (χ0v) is 14.9. The van der Waals surface area contributed by atoms with Crippen LogP contribution in [0.1, 0.15) is 51.2 Å². The zero-order valence-electron chi connectivity index (χ0n) is 14.9. The van der Waals surface area contributed by atoms with Crippen molar-refractivity contribution in [2.75, 3.05) is 0 Å². The maximum Gasteiger partial charge on any atom is 0.416 e. The Morgan fingerprint density at radius 1 is 0.704 bits per heavy atom. The molecule has 5 rings (SSSR count). The molecule has 0 atom stereocenters. The summed E-state index contributed by atoms with van der Waals surface area (Å²) in [7, 11) is 0. The average Bonchev–Trinajstić information content (AvgIpc) is 2.39. The fraction of sp³-hybridized carbons (Fsp3) is 0.647. The van der Waals surface area contributed by atoms with Crippen molar-refractivity contribution in [1.82, 2.24) is 0 Å². The first-order valence-corrected chi connectivity index (χ1v) is 8.60. The van der Waals surface area contributed by atoms with Gasteiger partial charge in [-0.2, -0.15) is 26.3 Å². The maximum atomic E-state index is 13.3. The maximum absolute atomic E-state index is 13.3. The Kier molecular flexibility index (Phi) is 3.54. The Morgan fingerprint density at radius 2 is 1.04 bits per heavy atom. The van der Waals surface area contributed by atoms with Gasteiger partial charge in [0.15, 0.2) is 0 Å². The summed E-state index contributed by atoms with van der Waals surface area (Å²) in [5, 5.41) is 0. The van der Waals surface area contributed by atoms with Crippen LogP contribution in [-0.2, 0) is 26.3 Å². The van der Waals surface area contributed by atoms with Crippen LogP contribution in [-0.4, -0.2) is 23.6 Å². The highest BCUT2D eigenvalue weighted by Gasteiger charge is 2.64. The minimum Gasteiger partial charge on any atom is -0.536 e. The molecular formula is C17H18BF6O3-. The molecule has 0 aromatic heterocycles. The van der Waals surface area contributed by atoms with Gasteiger partial charge in [-0.15, -0.1) is 5.46 Å².